The van der Waals surface area contributed by atoms with Crippen LogP contribution in [0.2, 0.25) is 5.02 Å². The minimum atomic E-state index is 0.796. The summed E-state index contributed by atoms with van der Waals surface area (Å²) in [6, 6.07) is 8.25. The number of rotatable bonds is 3. The van der Waals surface area contributed by atoms with E-state index in [1.807, 2.05) is 19.2 Å². The van der Waals surface area contributed by atoms with E-state index < -0.39 is 0 Å². The van der Waals surface area contributed by atoms with E-state index in [9.17, 15) is 0 Å². The number of nitrogens with one attached hydrogen (secondary N) is 1. The third kappa shape index (κ3) is 2.46. The maximum atomic E-state index is 6.03. The van der Waals surface area contributed by atoms with Crippen LogP contribution in [0, 0.1) is 6.92 Å². The van der Waals surface area contributed by atoms with E-state index in [0.717, 1.165) is 11.6 Å². The molecule has 0 spiro atoms. The maximum absolute atomic E-state index is 6.03. The molecule has 0 fully saturated rings. The molecule has 1 aromatic heterocycles. The van der Waals surface area contributed by atoms with Gasteiger partial charge in [0, 0.05) is 16.4 Å². The molecule has 0 unspecified atom stereocenters. The molecular weight excluding hydrogens is 238 g/mol. The van der Waals surface area contributed by atoms with Gasteiger partial charge in [-0.15, -0.1) is 11.3 Å². The third-order valence-corrected chi connectivity index (χ3v) is 3.75. The van der Waals surface area contributed by atoms with Crippen molar-refractivity contribution in [2.75, 3.05) is 7.05 Å². The minimum Gasteiger partial charge on any atom is -0.316 e. The highest BCUT2D eigenvalue weighted by atomic mass is 35.5. The zero-order valence-corrected chi connectivity index (χ0v) is 11.0. The average molecular weight is 252 g/mol. The van der Waals surface area contributed by atoms with Gasteiger partial charge < -0.3 is 5.32 Å². The van der Waals surface area contributed by atoms with Gasteiger partial charge in [0.25, 0.3) is 0 Å². The molecule has 0 amide bonds. The van der Waals surface area contributed by atoms with Crippen molar-refractivity contribution >= 4 is 22.9 Å². The molecular formula is C13H14ClNS. The van der Waals surface area contributed by atoms with Crippen LogP contribution >= 0.6 is 22.9 Å². The van der Waals surface area contributed by atoms with E-state index in [4.69, 9.17) is 11.6 Å². The lowest BCUT2D eigenvalue weighted by atomic mass is 10.1. The van der Waals surface area contributed by atoms with Crippen molar-refractivity contribution in [3.63, 3.8) is 0 Å². The second kappa shape index (κ2) is 5.00. The van der Waals surface area contributed by atoms with E-state index in [1.54, 1.807) is 11.3 Å². The van der Waals surface area contributed by atoms with E-state index in [-0.39, 0.29) is 0 Å². The molecule has 16 heavy (non-hydrogen) atoms. The molecule has 2 aromatic rings. The van der Waals surface area contributed by atoms with E-state index in [2.05, 4.69) is 29.8 Å². The predicted molar refractivity (Wildman–Crippen MR) is 72.3 cm³/mol. The van der Waals surface area contributed by atoms with Crippen LogP contribution in [0.15, 0.2) is 29.6 Å². The van der Waals surface area contributed by atoms with Gasteiger partial charge in [0.1, 0.15) is 0 Å². The molecule has 0 bridgehead atoms. The highest BCUT2D eigenvalue weighted by Crippen LogP contribution is 2.31. The van der Waals surface area contributed by atoms with Gasteiger partial charge in [0.05, 0.1) is 0 Å². The summed E-state index contributed by atoms with van der Waals surface area (Å²) in [5.74, 6) is 0. The first-order valence-electron chi connectivity index (χ1n) is 5.19. The van der Waals surface area contributed by atoms with Crippen LogP contribution in [0.5, 0.6) is 0 Å². The first-order chi connectivity index (χ1) is 7.70. The van der Waals surface area contributed by atoms with Crippen molar-refractivity contribution in [2.45, 2.75) is 13.5 Å². The van der Waals surface area contributed by atoms with E-state index in [0.29, 0.717) is 0 Å². The molecule has 2 rings (SSSR count). The van der Waals surface area contributed by atoms with Crippen LogP contribution < -0.4 is 5.32 Å². The van der Waals surface area contributed by atoms with Crippen LogP contribution in [-0.2, 0) is 6.54 Å². The van der Waals surface area contributed by atoms with E-state index in [1.165, 1.54) is 21.6 Å². The van der Waals surface area contributed by atoms with Crippen molar-refractivity contribution in [2.24, 2.45) is 0 Å². The molecule has 1 nitrogen and oxygen atoms in total. The fraction of sp³-hybridized carbons (Fsp3) is 0.231. The van der Waals surface area contributed by atoms with Gasteiger partial charge >= 0.3 is 0 Å². The van der Waals surface area contributed by atoms with Crippen molar-refractivity contribution in [1.82, 2.24) is 5.32 Å². The molecule has 0 aliphatic rings. The lowest BCUT2D eigenvalue weighted by Gasteiger charge is -2.03. The molecule has 1 N–H and O–H groups in total. The number of benzene rings is 1. The summed E-state index contributed by atoms with van der Waals surface area (Å²) in [5, 5.41) is 6.14. The Morgan fingerprint density at radius 3 is 2.88 bits per heavy atom. The fourth-order valence-corrected chi connectivity index (χ4v) is 2.84. The van der Waals surface area contributed by atoms with Gasteiger partial charge in [-0.1, -0.05) is 17.7 Å². The molecule has 0 saturated carbocycles. The van der Waals surface area contributed by atoms with Gasteiger partial charge in [-0.2, -0.15) is 0 Å². The average Bonchev–Trinajstić information content (AvgIpc) is 2.71. The summed E-state index contributed by atoms with van der Waals surface area (Å²) in [4.78, 5) is 1.28. The predicted octanol–water partition coefficient (Wildman–Crippen LogP) is 4.10. The van der Waals surface area contributed by atoms with Crippen LogP contribution in [-0.4, -0.2) is 7.05 Å². The summed E-state index contributed by atoms with van der Waals surface area (Å²) in [5.41, 5.74) is 3.82. The van der Waals surface area contributed by atoms with Crippen molar-refractivity contribution in [3.8, 4) is 10.4 Å². The Bertz CT molecular complexity index is 490. The number of aryl methyl sites for hydroxylation is 1. The minimum absolute atomic E-state index is 0.796. The van der Waals surface area contributed by atoms with Crippen LogP contribution in [0.4, 0.5) is 0 Å². The smallest absolute Gasteiger partial charge is 0.0412 e. The van der Waals surface area contributed by atoms with Crippen molar-refractivity contribution < 1.29 is 0 Å². The lowest BCUT2D eigenvalue weighted by molar-refractivity contribution is 0.821. The Hall–Kier alpha value is -0.830. The van der Waals surface area contributed by atoms with E-state index >= 15 is 0 Å². The number of hydrogen-bond acceptors (Lipinski definition) is 2. The lowest BCUT2D eigenvalue weighted by Crippen LogP contribution is -2.03. The summed E-state index contributed by atoms with van der Waals surface area (Å²) in [6.45, 7) is 3.03. The van der Waals surface area contributed by atoms with Crippen LogP contribution in [0.1, 0.15) is 11.1 Å². The molecule has 0 aliphatic carbocycles. The SMILES string of the molecule is CNCc1csc(-c2cc(Cl)ccc2C)c1. The monoisotopic (exact) mass is 251 g/mol. The molecule has 0 radical (unpaired) electrons. The van der Waals surface area contributed by atoms with Gasteiger partial charge in [-0.05, 0) is 54.2 Å². The van der Waals surface area contributed by atoms with Crippen molar-refractivity contribution in [1.29, 1.82) is 0 Å². The highest BCUT2D eigenvalue weighted by molar-refractivity contribution is 7.13. The van der Waals surface area contributed by atoms with Gasteiger partial charge in [0.2, 0.25) is 0 Å². The molecule has 0 atom stereocenters. The largest absolute Gasteiger partial charge is 0.316 e. The molecule has 84 valence electrons. The Morgan fingerprint density at radius 1 is 1.31 bits per heavy atom. The van der Waals surface area contributed by atoms with Gasteiger partial charge in [-0.3, -0.25) is 0 Å². The van der Waals surface area contributed by atoms with Gasteiger partial charge in [0.15, 0.2) is 0 Å². The number of thiophene rings is 1. The quantitative estimate of drug-likeness (QED) is 0.866. The normalized spacial score (nSPS) is 10.7. The Balaban J connectivity index is 2.38. The molecule has 3 heteroatoms. The van der Waals surface area contributed by atoms with Crippen LogP contribution in [0.3, 0.4) is 0 Å². The summed E-state index contributed by atoms with van der Waals surface area (Å²) in [7, 11) is 1.96. The Kier molecular flexibility index (Phi) is 3.64. The summed E-state index contributed by atoms with van der Waals surface area (Å²) >= 11 is 7.79. The summed E-state index contributed by atoms with van der Waals surface area (Å²) < 4.78 is 0. The second-order valence-corrected chi connectivity index (χ2v) is 5.16. The maximum Gasteiger partial charge on any atom is 0.0412 e. The topological polar surface area (TPSA) is 12.0 Å². The third-order valence-electron chi connectivity index (χ3n) is 2.50. The standard InChI is InChI=1S/C13H14ClNS/c1-9-3-4-11(14)6-12(9)13-5-10(7-15-2)8-16-13/h3-6,8,15H,7H2,1-2H3. The first kappa shape index (κ1) is 11.6. The second-order valence-electron chi connectivity index (χ2n) is 3.81. The number of halogens is 1. The molecule has 1 heterocycles. The molecule has 1 aromatic carbocycles. The zero-order chi connectivity index (χ0) is 11.5. The Labute approximate surface area is 105 Å². The van der Waals surface area contributed by atoms with Crippen molar-refractivity contribution in [3.05, 3.63) is 45.8 Å². The highest BCUT2D eigenvalue weighted by Gasteiger charge is 2.05. The Morgan fingerprint density at radius 2 is 2.12 bits per heavy atom. The fourth-order valence-electron chi connectivity index (χ4n) is 1.67. The summed E-state index contributed by atoms with van der Waals surface area (Å²) in [6.07, 6.45) is 0. The first-order valence-corrected chi connectivity index (χ1v) is 6.45. The van der Waals surface area contributed by atoms with Gasteiger partial charge in [-0.25, -0.2) is 0 Å². The number of hydrogen-bond donors (Lipinski definition) is 1. The molecule has 0 saturated heterocycles. The van der Waals surface area contributed by atoms with Crippen LogP contribution in [0.25, 0.3) is 10.4 Å². The zero-order valence-electron chi connectivity index (χ0n) is 9.38. The molecule has 0 aliphatic heterocycles.